The Morgan fingerprint density at radius 2 is 1.77 bits per heavy atom. The number of ether oxygens (including phenoxy) is 1. The topological polar surface area (TPSA) is 42.7 Å². The van der Waals surface area contributed by atoms with Crippen molar-refractivity contribution in [2.45, 2.75) is 19.9 Å². The van der Waals surface area contributed by atoms with Crippen molar-refractivity contribution in [3.05, 3.63) is 99.7 Å². The summed E-state index contributed by atoms with van der Waals surface area (Å²) in [6, 6.07) is 19.8. The summed E-state index contributed by atoms with van der Waals surface area (Å²) in [5.74, 6) is 1.12. The molecule has 0 spiro atoms. The highest BCUT2D eigenvalue weighted by atomic mass is 19.1. The van der Waals surface area contributed by atoms with Crippen LogP contribution in [0.25, 0.3) is 22.1 Å². The van der Waals surface area contributed by atoms with Gasteiger partial charge in [0.05, 0.1) is 16.5 Å². The molecule has 5 heteroatoms. The van der Waals surface area contributed by atoms with Gasteiger partial charge in [-0.15, -0.1) is 0 Å². The Hall–Kier alpha value is -3.44. The van der Waals surface area contributed by atoms with E-state index in [2.05, 4.69) is 4.90 Å². The first-order chi connectivity index (χ1) is 15.1. The van der Waals surface area contributed by atoms with Gasteiger partial charge in [-0.2, -0.15) is 0 Å². The van der Waals surface area contributed by atoms with Crippen LogP contribution in [0.15, 0.2) is 75.9 Å². The molecule has 5 rings (SSSR count). The van der Waals surface area contributed by atoms with Gasteiger partial charge >= 0.3 is 0 Å². The van der Waals surface area contributed by atoms with Crippen molar-refractivity contribution in [2.75, 3.05) is 13.3 Å². The lowest BCUT2D eigenvalue weighted by Gasteiger charge is -2.29. The van der Waals surface area contributed by atoms with E-state index in [0.717, 1.165) is 35.4 Å². The second kappa shape index (κ2) is 8.00. The molecule has 0 unspecified atom stereocenters. The Bertz CT molecular complexity index is 1300. The predicted octanol–water partition coefficient (Wildman–Crippen LogP) is 5.30. The van der Waals surface area contributed by atoms with Crippen LogP contribution in [0.4, 0.5) is 4.39 Å². The van der Waals surface area contributed by atoms with Crippen molar-refractivity contribution < 1.29 is 13.5 Å². The number of nitrogens with zero attached hydrogens (tertiary/aromatic N) is 1. The quantitative estimate of drug-likeness (QED) is 0.454. The Morgan fingerprint density at radius 1 is 1.00 bits per heavy atom. The third-order valence-corrected chi connectivity index (χ3v) is 5.77. The molecular formula is C26H22FNO3. The summed E-state index contributed by atoms with van der Waals surface area (Å²) in [7, 11) is 0. The third-order valence-electron chi connectivity index (χ3n) is 5.77. The zero-order valence-corrected chi connectivity index (χ0v) is 17.2. The molecule has 0 amide bonds. The van der Waals surface area contributed by atoms with Gasteiger partial charge in [-0.25, -0.2) is 4.39 Å². The molecule has 156 valence electrons. The van der Waals surface area contributed by atoms with Crippen LogP contribution in [0, 0.1) is 12.7 Å². The second-order valence-electron chi connectivity index (χ2n) is 7.85. The largest absolute Gasteiger partial charge is 0.478 e. The van der Waals surface area contributed by atoms with Crippen LogP contribution in [-0.4, -0.2) is 18.2 Å². The van der Waals surface area contributed by atoms with Crippen LogP contribution in [0.2, 0.25) is 0 Å². The smallest absolute Gasteiger partial charge is 0.200 e. The van der Waals surface area contributed by atoms with E-state index in [9.17, 15) is 9.18 Å². The minimum atomic E-state index is -0.231. The molecule has 2 heterocycles. The fourth-order valence-corrected chi connectivity index (χ4v) is 4.14. The third kappa shape index (κ3) is 3.73. The molecule has 4 aromatic rings. The molecule has 4 nitrogen and oxygen atoms in total. The van der Waals surface area contributed by atoms with Crippen molar-refractivity contribution in [3.8, 4) is 16.9 Å². The Kier molecular flexibility index (Phi) is 5.04. The van der Waals surface area contributed by atoms with Gasteiger partial charge in [0.2, 0.25) is 5.43 Å². The fraction of sp³-hybridized carbons (Fsp3) is 0.192. The summed E-state index contributed by atoms with van der Waals surface area (Å²) >= 11 is 0. The maximum atomic E-state index is 13.3. The van der Waals surface area contributed by atoms with Gasteiger partial charge in [-0.3, -0.25) is 9.69 Å². The normalized spacial score (nSPS) is 13.7. The van der Waals surface area contributed by atoms with Crippen molar-refractivity contribution >= 4 is 11.0 Å². The highest BCUT2D eigenvalue weighted by Gasteiger charge is 2.23. The van der Waals surface area contributed by atoms with Gasteiger partial charge in [-0.05, 0) is 48.7 Å². The van der Waals surface area contributed by atoms with Crippen molar-refractivity contribution in [2.24, 2.45) is 0 Å². The lowest BCUT2D eigenvalue weighted by atomic mass is 10.0. The van der Waals surface area contributed by atoms with E-state index in [4.69, 9.17) is 9.15 Å². The highest BCUT2D eigenvalue weighted by Crippen LogP contribution is 2.33. The van der Waals surface area contributed by atoms with Crippen LogP contribution < -0.4 is 10.2 Å². The highest BCUT2D eigenvalue weighted by molar-refractivity contribution is 5.86. The van der Waals surface area contributed by atoms with Crippen molar-refractivity contribution in [1.29, 1.82) is 0 Å². The Labute approximate surface area is 179 Å². The molecular weight excluding hydrogens is 393 g/mol. The maximum absolute atomic E-state index is 13.3. The van der Waals surface area contributed by atoms with E-state index in [-0.39, 0.29) is 11.2 Å². The van der Waals surface area contributed by atoms with Gasteiger partial charge < -0.3 is 9.15 Å². The number of benzene rings is 3. The van der Waals surface area contributed by atoms with E-state index in [1.165, 1.54) is 12.1 Å². The molecule has 31 heavy (non-hydrogen) atoms. The predicted molar refractivity (Wildman–Crippen MR) is 119 cm³/mol. The number of halogens is 1. The summed E-state index contributed by atoms with van der Waals surface area (Å²) < 4.78 is 25.3. The van der Waals surface area contributed by atoms with Crippen molar-refractivity contribution in [1.82, 2.24) is 4.90 Å². The van der Waals surface area contributed by atoms with Gasteiger partial charge in [0.1, 0.15) is 29.6 Å². The Morgan fingerprint density at radius 3 is 2.55 bits per heavy atom. The zero-order chi connectivity index (χ0) is 21.4. The molecule has 1 aliphatic rings. The van der Waals surface area contributed by atoms with Crippen LogP contribution in [0.3, 0.4) is 0 Å². The summed E-state index contributed by atoms with van der Waals surface area (Å²) in [6.45, 7) is 3.68. The molecule has 0 N–H and O–H groups in total. The molecule has 0 fully saturated rings. The molecule has 0 saturated carbocycles. The van der Waals surface area contributed by atoms with E-state index >= 15 is 0 Å². The first-order valence-electron chi connectivity index (χ1n) is 10.3. The number of rotatable bonds is 4. The zero-order valence-electron chi connectivity index (χ0n) is 17.2. The first kappa shape index (κ1) is 19.5. The minimum Gasteiger partial charge on any atom is -0.478 e. The molecule has 0 saturated heterocycles. The number of hydrogen-bond donors (Lipinski definition) is 0. The lowest BCUT2D eigenvalue weighted by molar-refractivity contribution is 0.0968. The SMILES string of the molecule is Cc1oc2c3c(ccc2c(=O)c1-c1ccccc1)OCN(CCc1ccc(F)cc1)C3. The molecule has 1 aromatic heterocycles. The number of aryl methyl sites for hydroxylation is 1. The average molecular weight is 415 g/mol. The van der Waals surface area contributed by atoms with E-state index < -0.39 is 0 Å². The molecule has 0 bridgehead atoms. The van der Waals surface area contributed by atoms with Gasteiger partial charge in [0, 0.05) is 13.1 Å². The molecule has 0 aliphatic carbocycles. The lowest BCUT2D eigenvalue weighted by Crippen LogP contribution is -2.33. The standard InChI is InChI=1S/C26H22FNO3/c1-17-24(19-5-3-2-4-6-19)25(29)21-11-12-23-22(26(21)31-17)15-28(16-30-23)14-13-18-7-9-20(27)10-8-18/h2-12H,13-16H2,1H3. The van der Waals surface area contributed by atoms with Crippen LogP contribution >= 0.6 is 0 Å². The first-order valence-corrected chi connectivity index (χ1v) is 10.3. The molecule has 0 radical (unpaired) electrons. The van der Waals surface area contributed by atoms with E-state index in [1.54, 1.807) is 18.2 Å². The van der Waals surface area contributed by atoms with Gasteiger partial charge in [0.25, 0.3) is 0 Å². The second-order valence-corrected chi connectivity index (χ2v) is 7.85. The van der Waals surface area contributed by atoms with Crippen LogP contribution in [0.5, 0.6) is 5.75 Å². The average Bonchev–Trinajstić information content (AvgIpc) is 2.79. The van der Waals surface area contributed by atoms with E-state index in [1.807, 2.05) is 43.3 Å². The summed E-state index contributed by atoms with van der Waals surface area (Å²) in [5, 5.41) is 0.562. The van der Waals surface area contributed by atoms with Crippen LogP contribution in [-0.2, 0) is 13.0 Å². The molecule has 3 aromatic carbocycles. The monoisotopic (exact) mass is 415 g/mol. The van der Waals surface area contributed by atoms with Gasteiger partial charge in [0.15, 0.2) is 0 Å². The Balaban J connectivity index is 1.47. The summed E-state index contributed by atoms with van der Waals surface area (Å²) in [6.07, 6.45) is 0.783. The summed E-state index contributed by atoms with van der Waals surface area (Å²) in [4.78, 5) is 15.5. The number of fused-ring (bicyclic) bond motifs is 3. The fourth-order valence-electron chi connectivity index (χ4n) is 4.14. The maximum Gasteiger partial charge on any atom is 0.200 e. The summed E-state index contributed by atoms with van der Waals surface area (Å²) in [5.41, 5.74) is 3.97. The van der Waals surface area contributed by atoms with Gasteiger partial charge in [-0.1, -0.05) is 42.5 Å². The van der Waals surface area contributed by atoms with Crippen LogP contribution in [0.1, 0.15) is 16.9 Å². The minimum absolute atomic E-state index is 0.0313. The molecule has 1 aliphatic heterocycles. The molecule has 0 atom stereocenters. The number of hydrogen-bond acceptors (Lipinski definition) is 4. The van der Waals surface area contributed by atoms with Crippen molar-refractivity contribution in [3.63, 3.8) is 0 Å². The van der Waals surface area contributed by atoms with E-state index in [0.29, 0.717) is 35.6 Å².